The van der Waals surface area contributed by atoms with E-state index in [1.807, 2.05) is 0 Å². The molecule has 0 radical (unpaired) electrons. The van der Waals surface area contributed by atoms with E-state index in [4.69, 9.17) is 9.66 Å². The van der Waals surface area contributed by atoms with E-state index in [-0.39, 0.29) is 0 Å². The standard InChI is InChI=1S/C6H7NO4S/c1-4-2-3-5(8)6(7-4)12(9,10)11/h2-3,8H,1H3,(H,9,10,11). The second kappa shape index (κ2) is 2.72. The lowest BCUT2D eigenvalue weighted by atomic mass is 10.4. The molecule has 1 aromatic rings. The van der Waals surface area contributed by atoms with E-state index in [2.05, 4.69) is 4.98 Å². The van der Waals surface area contributed by atoms with Gasteiger partial charge in [0.05, 0.1) is 0 Å². The van der Waals surface area contributed by atoms with Crippen molar-refractivity contribution in [3.8, 4) is 5.75 Å². The molecule has 0 bridgehead atoms. The highest BCUT2D eigenvalue weighted by atomic mass is 32.2. The van der Waals surface area contributed by atoms with Crippen LogP contribution in [0.3, 0.4) is 0 Å². The lowest BCUT2D eigenvalue weighted by Gasteiger charge is -1.99. The molecule has 0 aliphatic carbocycles. The number of nitrogens with zero attached hydrogens (tertiary/aromatic N) is 1. The van der Waals surface area contributed by atoms with Crippen LogP contribution in [0.5, 0.6) is 5.75 Å². The number of hydrogen-bond acceptors (Lipinski definition) is 4. The SMILES string of the molecule is Cc1ccc(O)c(S(=O)(=O)O)n1. The fraction of sp³-hybridized carbons (Fsp3) is 0.167. The van der Waals surface area contributed by atoms with Gasteiger partial charge in [-0.2, -0.15) is 8.42 Å². The van der Waals surface area contributed by atoms with Crippen LogP contribution in [0.2, 0.25) is 0 Å². The first-order valence-corrected chi connectivity index (χ1v) is 4.49. The van der Waals surface area contributed by atoms with E-state index < -0.39 is 20.9 Å². The zero-order valence-electron chi connectivity index (χ0n) is 6.22. The van der Waals surface area contributed by atoms with Crippen LogP contribution >= 0.6 is 0 Å². The zero-order valence-corrected chi connectivity index (χ0v) is 7.04. The van der Waals surface area contributed by atoms with Crippen LogP contribution in [-0.2, 0) is 10.1 Å². The number of pyridine rings is 1. The minimum atomic E-state index is -4.42. The average molecular weight is 189 g/mol. The van der Waals surface area contributed by atoms with E-state index in [0.29, 0.717) is 5.69 Å². The molecule has 0 amide bonds. The van der Waals surface area contributed by atoms with Crippen molar-refractivity contribution in [2.75, 3.05) is 0 Å². The third kappa shape index (κ3) is 1.72. The van der Waals surface area contributed by atoms with Crippen LogP contribution in [0.4, 0.5) is 0 Å². The molecule has 0 aliphatic heterocycles. The molecule has 12 heavy (non-hydrogen) atoms. The molecule has 5 nitrogen and oxygen atoms in total. The number of aromatic nitrogens is 1. The molecule has 1 heterocycles. The van der Waals surface area contributed by atoms with Crippen molar-refractivity contribution in [3.05, 3.63) is 17.8 Å². The van der Waals surface area contributed by atoms with Crippen LogP contribution in [0.1, 0.15) is 5.69 Å². The third-order valence-electron chi connectivity index (χ3n) is 1.22. The minimum absolute atomic E-state index is 0.403. The van der Waals surface area contributed by atoms with Crippen LogP contribution in [-0.4, -0.2) is 23.1 Å². The summed E-state index contributed by atoms with van der Waals surface area (Å²) in [7, 11) is -4.42. The summed E-state index contributed by atoms with van der Waals surface area (Å²) in [6.45, 7) is 1.55. The summed E-state index contributed by atoms with van der Waals surface area (Å²) >= 11 is 0. The van der Waals surface area contributed by atoms with E-state index in [1.165, 1.54) is 6.07 Å². The molecule has 0 aromatic carbocycles. The summed E-state index contributed by atoms with van der Waals surface area (Å²) in [6, 6.07) is 2.59. The second-order valence-corrected chi connectivity index (χ2v) is 3.59. The van der Waals surface area contributed by atoms with Gasteiger partial charge in [0.15, 0.2) is 5.75 Å². The number of aromatic hydroxyl groups is 1. The Balaban J connectivity index is 3.43. The molecule has 0 saturated carbocycles. The Morgan fingerprint density at radius 2 is 2.00 bits per heavy atom. The summed E-state index contributed by atoms with van der Waals surface area (Å²) in [4.78, 5) is 3.46. The number of hydrogen-bond donors (Lipinski definition) is 2. The maximum atomic E-state index is 10.5. The molecule has 0 saturated heterocycles. The normalized spacial score (nSPS) is 11.5. The molecular formula is C6H7NO4S. The van der Waals surface area contributed by atoms with Crippen molar-refractivity contribution in [3.63, 3.8) is 0 Å². The van der Waals surface area contributed by atoms with Gasteiger partial charge in [-0.25, -0.2) is 4.98 Å². The predicted molar refractivity (Wildman–Crippen MR) is 40.5 cm³/mol. The van der Waals surface area contributed by atoms with E-state index in [1.54, 1.807) is 6.92 Å². The van der Waals surface area contributed by atoms with Crippen molar-refractivity contribution in [1.82, 2.24) is 4.98 Å². The fourth-order valence-electron chi connectivity index (χ4n) is 0.715. The largest absolute Gasteiger partial charge is 0.505 e. The molecule has 0 fully saturated rings. The first-order valence-electron chi connectivity index (χ1n) is 3.05. The molecular weight excluding hydrogens is 182 g/mol. The topological polar surface area (TPSA) is 87.5 Å². The maximum Gasteiger partial charge on any atom is 0.315 e. The molecule has 0 spiro atoms. The lowest BCUT2D eigenvalue weighted by Crippen LogP contribution is -2.02. The van der Waals surface area contributed by atoms with Gasteiger partial charge in [0, 0.05) is 5.69 Å². The Kier molecular flexibility index (Phi) is 2.03. The average Bonchev–Trinajstić information content (AvgIpc) is 1.92. The van der Waals surface area contributed by atoms with E-state index in [9.17, 15) is 8.42 Å². The summed E-state index contributed by atoms with van der Waals surface area (Å²) in [5.74, 6) is -0.553. The Hall–Kier alpha value is -1.14. The van der Waals surface area contributed by atoms with E-state index in [0.717, 1.165) is 6.07 Å². The Bertz CT molecular complexity index is 398. The molecule has 6 heteroatoms. The molecule has 0 aliphatic rings. The van der Waals surface area contributed by atoms with E-state index >= 15 is 0 Å². The van der Waals surface area contributed by atoms with Gasteiger partial charge in [-0.15, -0.1) is 0 Å². The highest BCUT2D eigenvalue weighted by Gasteiger charge is 2.16. The highest BCUT2D eigenvalue weighted by molar-refractivity contribution is 7.85. The van der Waals surface area contributed by atoms with Crippen molar-refractivity contribution in [2.24, 2.45) is 0 Å². The van der Waals surface area contributed by atoms with Crippen LogP contribution in [0.25, 0.3) is 0 Å². The predicted octanol–water partition coefficient (Wildman–Crippen LogP) is 0.342. The van der Waals surface area contributed by atoms with Gasteiger partial charge in [-0.1, -0.05) is 0 Å². The van der Waals surface area contributed by atoms with Crippen LogP contribution < -0.4 is 0 Å². The Labute approximate surface area is 69.4 Å². The lowest BCUT2D eigenvalue weighted by molar-refractivity contribution is 0.434. The molecule has 2 N–H and O–H groups in total. The minimum Gasteiger partial charge on any atom is -0.505 e. The first-order chi connectivity index (χ1) is 5.41. The van der Waals surface area contributed by atoms with Crippen molar-refractivity contribution >= 4 is 10.1 Å². The maximum absolute atomic E-state index is 10.5. The Morgan fingerprint density at radius 3 is 2.42 bits per heavy atom. The monoisotopic (exact) mass is 189 g/mol. The van der Waals surface area contributed by atoms with Crippen molar-refractivity contribution < 1.29 is 18.1 Å². The first kappa shape index (κ1) is 8.95. The van der Waals surface area contributed by atoms with Gasteiger partial charge in [0.25, 0.3) is 0 Å². The third-order valence-corrected chi connectivity index (χ3v) is 2.01. The van der Waals surface area contributed by atoms with Gasteiger partial charge in [0.2, 0.25) is 5.03 Å². The van der Waals surface area contributed by atoms with Gasteiger partial charge in [-0.3, -0.25) is 4.55 Å². The number of rotatable bonds is 1. The second-order valence-electron chi connectivity index (χ2n) is 2.25. The van der Waals surface area contributed by atoms with Gasteiger partial charge in [-0.05, 0) is 19.1 Å². The van der Waals surface area contributed by atoms with Crippen LogP contribution in [0, 0.1) is 6.92 Å². The summed E-state index contributed by atoms with van der Waals surface area (Å²) in [5.41, 5.74) is 0.403. The molecule has 1 aromatic heterocycles. The summed E-state index contributed by atoms with van der Waals surface area (Å²) in [6.07, 6.45) is 0. The van der Waals surface area contributed by atoms with Crippen molar-refractivity contribution in [2.45, 2.75) is 11.9 Å². The number of aryl methyl sites for hydroxylation is 1. The Morgan fingerprint density at radius 1 is 1.42 bits per heavy atom. The zero-order chi connectivity index (χ0) is 9.35. The van der Waals surface area contributed by atoms with Gasteiger partial charge in [0.1, 0.15) is 0 Å². The van der Waals surface area contributed by atoms with Crippen LogP contribution in [0.15, 0.2) is 17.2 Å². The van der Waals surface area contributed by atoms with Gasteiger partial charge < -0.3 is 5.11 Å². The summed E-state index contributed by atoms with van der Waals surface area (Å²) < 4.78 is 29.6. The fourth-order valence-corrected chi connectivity index (χ4v) is 1.31. The molecule has 66 valence electrons. The van der Waals surface area contributed by atoms with Gasteiger partial charge >= 0.3 is 10.1 Å². The summed E-state index contributed by atoms with van der Waals surface area (Å²) in [5, 5.41) is 8.26. The molecule has 0 atom stereocenters. The smallest absolute Gasteiger partial charge is 0.315 e. The van der Waals surface area contributed by atoms with Crippen molar-refractivity contribution in [1.29, 1.82) is 0 Å². The highest BCUT2D eigenvalue weighted by Crippen LogP contribution is 2.19. The molecule has 0 unspecified atom stereocenters. The quantitative estimate of drug-likeness (QED) is 0.622. The molecule has 1 rings (SSSR count).